The molecular formula is C31H33F2N7O4. The largest absolute Gasteiger partial charge is 0.464 e. The fraction of sp³-hybridized carbons (Fsp3) is 0.387. The van der Waals surface area contributed by atoms with Gasteiger partial charge in [-0.05, 0) is 57.2 Å². The number of benzene rings is 2. The lowest BCUT2D eigenvalue weighted by Gasteiger charge is -2.35. The lowest BCUT2D eigenvalue weighted by Crippen LogP contribution is -2.46. The summed E-state index contributed by atoms with van der Waals surface area (Å²) in [5.41, 5.74) is 2.97. The number of halogens is 2. The summed E-state index contributed by atoms with van der Waals surface area (Å²) in [5, 5.41) is 0. The molecule has 1 fully saturated rings. The number of hydrogen-bond acceptors (Lipinski definition) is 9. The Hall–Kier alpha value is -4.49. The molecule has 5 aromatic rings. The van der Waals surface area contributed by atoms with Crippen molar-refractivity contribution in [2.75, 3.05) is 26.2 Å². The molecule has 1 aliphatic rings. The van der Waals surface area contributed by atoms with Gasteiger partial charge in [-0.1, -0.05) is 6.07 Å². The van der Waals surface area contributed by atoms with Gasteiger partial charge in [0.1, 0.15) is 22.8 Å². The van der Waals surface area contributed by atoms with Crippen LogP contribution in [0.5, 0.6) is 11.8 Å². The highest BCUT2D eigenvalue weighted by Gasteiger charge is 2.23. The van der Waals surface area contributed by atoms with E-state index >= 15 is 0 Å². The Bertz CT molecular complexity index is 1850. The van der Waals surface area contributed by atoms with Crippen LogP contribution in [-0.4, -0.2) is 79.0 Å². The quantitative estimate of drug-likeness (QED) is 0.242. The van der Waals surface area contributed by atoms with Crippen molar-refractivity contribution in [3.8, 4) is 28.7 Å². The topological polar surface area (TPSA) is 109 Å². The number of alkyl halides is 2. The highest BCUT2D eigenvalue weighted by Crippen LogP contribution is 2.26. The van der Waals surface area contributed by atoms with E-state index in [0.29, 0.717) is 23.4 Å². The van der Waals surface area contributed by atoms with E-state index in [1.54, 1.807) is 6.92 Å². The minimum Gasteiger partial charge on any atom is -0.464 e. The second-order valence-electron chi connectivity index (χ2n) is 10.8. The highest BCUT2D eigenvalue weighted by atomic mass is 19.3. The molecule has 1 aliphatic heterocycles. The van der Waals surface area contributed by atoms with Crippen LogP contribution in [0.2, 0.25) is 0 Å². The number of morpholine rings is 1. The molecule has 0 aliphatic carbocycles. The second-order valence-corrected chi connectivity index (χ2v) is 10.8. The summed E-state index contributed by atoms with van der Waals surface area (Å²) in [6, 6.07) is 11.4. The van der Waals surface area contributed by atoms with E-state index < -0.39 is 12.2 Å². The molecule has 13 heteroatoms. The van der Waals surface area contributed by atoms with Crippen molar-refractivity contribution in [3.63, 3.8) is 0 Å². The van der Waals surface area contributed by atoms with Crippen molar-refractivity contribution in [2.24, 2.45) is 7.05 Å². The first-order valence-electron chi connectivity index (χ1n) is 14.5. The van der Waals surface area contributed by atoms with Gasteiger partial charge in [0.05, 0.1) is 41.7 Å². The number of aromatic nitrogens is 6. The number of imidazole rings is 1. The summed E-state index contributed by atoms with van der Waals surface area (Å²) in [6.07, 6.45) is 2.65. The predicted molar refractivity (Wildman–Crippen MR) is 161 cm³/mol. The van der Waals surface area contributed by atoms with Gasteiger partial charge in [-0.15, -0.1) is 0 Å². The van der Waals surface area contributed by atoms with Crippen LogP contribution in [0.4, 0.5) is 8.78 Å². The van der Waals surface area contributed by atoms with Crippen molar-refractivity contribution in [1.29, 1.82) is 0 Å². The summed E-state index contributed by atoms with van der Waals surface area (Å²) in [7, 11) is 1.97. The maximum Gasteiger partial charge on any atom is 0.387 e. The SMILES string of the molecule is CCOc1ncc2nc(-c3ccc4nc(CCN5CC(C)OC(C)C5)n(C)c4c3)c(=O)n(-c3ccc(OC(F)F)cc3)c2n1. The summed E-state index contributed by atoms with van der Waals surface area (Å²) in [4.78, 5) is 34.7. The maximum atomic E-state index is 14.1. The molecular weight excluding hydrogens is 572 g/mol. The number of fused-ring (bicyclic) bond motifs is 2. The van der Waals surface area contributed by atoms with E-state index in [-0.39, 0.29) is 35.3 Å². The molecule has 44 heavy (non-hydrogen) atoms. The van der Waals surface area contributed by atoms with E-state index in [4.69, 9.17) is 14.5 Å². The molecule has 0 N–H and O–H groups in total. The number of rotatable bonds is 9. The van der Waals surface area contributed by atoms with Gasteiger partial charge in [-0.3, -0.25) is 14.3 Å². The van der Waals surface area contributed by atoms with Gasteiger partial charge in [0.2, 0.25) is 0 Å². The third-order valence-corrected chi connectivity index (χ3v) is 7.56. The Morgan fingerprint density at radius 2 is 1.77 bits per heavy atom. The van der Waals surface area contributed by atoms with Gasteiger partial charge < -0.3 is 18.8 Å². The second kappa shape index (κ2) is 12.2. The molecule has 230 valence electrons. The van der Waals surface area contributed by atoms with Crippen molar-refractivity contribution >= 4 is 22.2 Å². The molecule has 11 nitrogen and oxygen atoms in total. The zero-order valence-corrected chi connectivity index (χ0v) is 24.9. The minimum absolute atomic E-state index is 0.0323. The first-order chi connectivity index (χ1) is 21.2. The van der Waals surface area contributed by atoms with Crippen molar-refractivity contribution in [1.82, 2.24) is 34.0 Å². The van der Waals surface area contributed by atoms with Crippen LogP contribution in [0.3, 0.4) is 0 Å². The first-order valence-corrected chi connectivity index (χ1v) is 14.5. The lowest BCUT2D eigenvalue weighted by atomic mass is 10.1. The van der Waals surface area contributed by atoms with Crippen LogP contribution in [0.15, 0.2) is 53.5 Å². The molecule has 0 spiro atoms. The Morgan fingerprint density at radius 3 is 2.48 bits per heavy atom. The smallest absolute Gasteiger partial charge is 0.387 e. The van der Waals surface area contributed by atoms with Crippen LogP contribution >= 0.6 is 0 Å². The molecule has 3 aromatic heterocycles. The van der Waals surface area contributed by atoms with Crippen LogP contribution < -0.4 is 15.0 Å². The zero-order valence-electron chi connectivity index (χ0n) is 24.9. The molecule has 2 aromatic carbocycles. The Kier molecular flexibility index (Phi) is 8.23. The number of aryl methyl sites for hydroxylation is 1. The third kappa shape index (κ3) is 5.97. The Balaban J connectivity index is 1.39. The number of nitrogens with zero attached hydrogens (tertiary/aromatic N) is 7. The maximum absolute atomic E-state index is 14.1. The van der Waals surface area contributed by atoms with Crippen LogP contribution in [0, 0.1) is 0 Å². The van der Waals surface area contributed by atoms with Crippen LogP contribution in [0.25, 0.3) is 39.1 Å². The predicted octanol–water partition coefficient (Wildman–Crippen LogP) is 4.38. The highest BCUT2D eigenvalue weighted by molar-refractivity contribution is 5.83. The van der Waals surface area contributed by atoms with Crippen molar-refractivity contribution in [3.05, 3.63) is 64.8 Å². The first kappa shape index (κ1) is 29.6. The van der Waals surface area contributed by atoms with E-state index in [2.05, 4.69) is 38.4 Å². The van der Waals surface area contributed by atoms with Crippen LogP contribution in [-0.2, 0) is 18.2 Å². The van der Waals surface area contributed by atoms with E-state index in [9.17, 15) is 13.6 Å². The summed E-state index contributed by atoms with van der Waals surface area (Å²) < 4.78 is 44.7. The average molecular weight is 606 g/mol. The molecule has 4 heterocycles. The van der Waals surface area contributed by atoms with E-state index in [1.165, 1.54) is 35.0 Å². The normalized spacial score (nSPS) is 17.5. The fourth-order valence-corrected chi connectivity index (χ4v) is 5.70. The number of ether oxygens (including phenoxy) is 3. The zero-order chi connectivity index (χ0) is 31.0. The van der Waals surface area contributed by atoms with Crippen molar-refractivity contribution in [2.45, 2.75) is 46.0 Å². The molecule has 6 rings (SSSR count). The molecule has 0 radical (unpaired) electrons. The molecule has 2 unspecified atom stereocenters. The minimum atomic E-state index is -2.97. The molecule has 0 bridgehead atoms. The third-order valence-electron chi connectivity index (χ3n) is 7.56. The van der Waals surface area contributed by atoms with E-state index in [1.807, 2.05) is 29.8 Å². The average Bonchev–Trinajstić information content (AvgIpc) is 3.30. The molecule has 2 atom stereocenters. The summed E-state index contributed by atoms with van der Waals surface area (Å²) in [5.74, 6) is 0.908. The number of hydrogen-bond donors (Lipinski definition) is 0. The van der Waals surface area contributed by atoms with Gasteiger partial charge in [-0.2, -0.15) is 13.8 Å². The fourth-order valence-electron chi connectivity index (χ4n) is 5.70. The van der Waals surface area contributed by atoms with Crippen molar-refractivity contribution < 1.29 is 23.0 Å². The van der Waals surface area contributed by atoms with Gasteiger partial charge in [0.15, 0.2) is 5.65 Å². The summed E-state index contributed by atoms with van der Waals surface area (Å²) in [6.45, 7) is 5.98. The lowest BCUT2D eigenvalue weighted by molar-refractivity contribution is -0.0676. The Morgan fingerprint density at radius 1 is 1.02 bits per heavy atom. The molecule has 1 saturated heterocycles. The summed E-state index contributed by atoms with van der Waals surface area (Å²) >= 11 is 0. The van der Waals surface area contributed by atoms with E-state index in [0.717, 1.165) is 42.9 Å². The monoisotopic (exact) mass is 605 g/mol. The van der Waals surface area contributed by atoms with Gasteiger partial charge in [0.25, 0.3) is 5.56 Å². The standard InChI is InChI=1S/C31H33F2N7O4/c1-5-42-31-34-15-24-28(37-31)40(21-7-9-22(10-8-21)44-30(32)33)29(41)27(36-24)20-6-11-23-25(14-20)38(4)26(35-23)12-13-39-16-18(2)43-19(3)17-39/h6-11,14-15,18-19,30H,5,12-13,16-17H2,1-4H3. The van der Waals surface area contributed by atoms with Gasteiger partial charge >= 0.3 is 12.6 Å². The van der Waals surface area contributed by atoms with Crippen LogP contribution in [0.1, 0.15) is 26.6 Å². The molecule has 0 amide bonds. The molecule has 0 saturated carbocycles. The van der Waals surface area contributed by atoms with Gasteiger partial charge in [0, 0.05) is 38.7 Å². The van der Waals surface area contributed by atoms with Gasteiger partial charge in [-0.25, -0.2) is 15.0 Å². The Labute approximate surface area is 252 Å².